The number of carboxylic acid groups (broad SMARTS) is 1. The zero-order chi connectivity index (χ0) is 22.0. The van der Waals surface area contributed by atoms with Gasteiger partial charge in [0.1, 0.15) is 0 Å². The maximum absolute atomic E-state index is 12.3. The van der Waals surface area contributed by atoms with E-state index in [0.717, 1.165) is 33.6 Å². The average Bonchev–Trinajstić information content (AvgIpc) is 3.11. The van der Waals surface area contributed by atoms with Crippen LogP contribution in [0.4, 0.5) is 13.2 Å². The maximum atomic E-state index is 12.3. The Hall–Kier alpha value is -3.74. The molecule has 4 rings (SSSR count). The number of halogens is 3. The highest BCUT2D eigenvalue weighted by Gasteiger charge is 2.29. The molecule has 0 aliphatic rings. The lowest BCUT2D eigenvalue weighted by atomic mass is 10.0. The summed E-state index contributed by atoms with van der Waals surface area (Å²) in [6.45, 7) is -1.66. The number of aliphatic carboxylic acids is 1. The predicted octanol–water partition coefficient (Wildman–Crippen LogP) is 5.92. The molecule has 1 aromatic heterocycles. The van der Waals surface area contributed by atoms with Crippen LogP contribution in [-0.4, -0.2) is 28.8 Å². The van der Waals surface area contributed by atoms with Gasteiger partial charge in [-0.25, -0.2) is 4.79 Å². The zero-order valence-corrected chi connectivity index (χ0v) is 16.2. The smallest absolute Gasteiger partial charge is 0.422 e. The molecule has 0 saturated carbocycles. The van der Waals surface area contributed by atoms with Gasteiger partial charge in [-0.2, -0.15) is 13.2 Å². The summed E-state index contributed by atoms with van der Waals surface area (Å²) in [5, 5.41) is 12.3. The van der Waals surface area contributed by atoms with Gasteiger partial charge in [0, 0.05) is 23.0 Å². The lowest BCUT2D eigenvalue weighted by Gasteiger charge is -2.09. The number of ether oxygens (including phenoxy) is 1. The summed E-state index contributed by atoms with van der Waals surface area (Å²) in [5.41, 5.74) is 3.39. The Labute approximate surface area is 175 Å². The van der Waals surface area contributed by atoms with E-state index in [1.54, 1.807) is 18.2 Å². The molecule has 3 aromatic carbocycles. The lowest BCUT2D eigenvalue weighted by Crippen LogP contribution is -2.19. The Morgan fingerprint density at radius 3 is 2.48 bits per heavy atom. The van der Waals surface area contributed by atoms with Gasteiger partial charge in [0.25, 0.3) is 0 Å². The fourth-order valence-electron chi connectivity index (χ4n) is 3.44. The van der Waals surface area contributed by atoms with Crippen molar-refractivity contribution in [2.24, 2.45) is 0 Å². The monoisotopic (exact) mass is 425 g/mol. The first-order chi connectivity index (χ1) is 14.8. The van der Waals surface area contributed by atoms with Gasteiger partial charge >= 0.3 is 12.1 Å². The van der Waals surface area contributed by atoms with E-state index in [0.29, 0.717) is 12.0 Å². The van der Waals surface area contributed by atoms with Crippen LogP contribution >= 0.6 is 0 Å². The second kappa shape index (κ2) is 8.18. The van der Waals surface area contributed by atoms with Crippen LogP contribution in [0.1, 0.15) is 16.8 Å². The van der Waals surface area contributed by atoms with Crippen molar-refractivity contribution in [2.75, 3.05) is 6.61 Å². The Morgan fingerprint density at radius 1 is 0.968 bits per heavy atom. The van der Waals surface area contributed by atoms with Crippen molar-refractivity contribution in [3.8, 4) is 0 Å². The quantitative estimate of drug-likeness (QED) is 0.298. The molecule has 158 valence electrons. The van der Waals surface area contributed by atoms with Crippen LogP contribution in [0.3, 0.4) is 0 Å². The van der Waals surface area contributed by atoms with Crippen molar-refractivity contribution in [1.29, 1.82) is 0 Å². The summed E-state index contributed by atoms with van der Waals surface area (Å²) in [7, 11) is 0. The molecule has 0 saturated heterocycles. The van der Waals surface area contributed by atoms with Gasteiger partial charge in [-0.3, -0.25) is 0 Å². The molecular formula is C24H18F3NO3. The van der Waals surface area contributed by atoms with E-state index in [2.05, 4.69) is 40.1 Å². The van der Waals surface area contributed by atoms with Gasteiger partial charge < -0.3 is 14.8 Å². The number of hydrogen-bond donors (Lipinski definition) is 2. The third-order valence-electron chi connectivity index (χ3n) is 4.81. The van der Waals surface area contributed by atoms with Crippen molar-refractivity contribution < 1.29 is 27.8 Å². The Bertz CT molecular complexity index is 1290. The number of aromatic nitrogens is 1. The second-order valence-electron chi connectivity index (χ2n) is 7.22. The van der Waals surface area contributed by atoms with Crippen LogP contribution in [0.2, 0.25) is 0 Å². The Kier molecular flexibility index (Phi) is 5.42. The fraction of sp³-hybridized carbons (Fsp3) is 0.125. The number of carbonyl (C=O) groups is 1. The third-order valence-corrected chi connectivity index (χ3v) is 4.81. The summed E-state index contributed by atoms with van der Waals surface area (Å²) >= 11 is 0. The van der Waals surface area contributed by atoms with Gasteiger partial charge in [-0.1, -0.05) is 48.5 Å². The normalized spacial score (nSPS) is 12.4. The standard InChI is InChI=1S/C24H18F3NO3/c25-24(26,27)14-31-22(23(29)30)12-16-6-8-21-19(10-16)13-20(28-21)11-15-5-7-17-3-1-2-4-18(17)9-15/h1-10,12-13,28H,11,14H2,(H,29,30). The molecule has 0 amide bonds. The summed E-state index contributed by atoms with van der Waals surface area (Å²) in [4.78, 5) is 14.5. The van der Waals surface area contributed by atoms with Crippen molar-refractivity contribution in [2.45, 2.75) is 12.6 Å². The number of H-pyrrole nitrogens is 1. The average molecular weight is 425 g/mol. The molecule has 0 aliphatic heterocycles. The van der Waals surface area contributed by atoms with Crippen molar-refractivity contribution >= 4 is 33.7 Å². The SMILES string of the molecule is O=C(O)C(=Cc1ccc2[nH]c(Cc3ccc4ccccc4c3)cc2c1)OCC(F)(F)F. The first-order valence-electron chi connectivity index (χ1n) is 9.51. The minimum absolute atomic E-state index is 0.434. The van der Waals surface area contributed by atoms with Crippen LogP contribution in [0.5, 0.6) is 0 Å². The van der Waals surface area contributed by atoms with E-state index in [4.69, 9.17) is 5.11 Å². The van der Waals surface area contributed by atoms with E-state index in [9.17, 15) is 18.0 Å². The van der Waals surface area contributed by atoms with Crippen molar-refractivity contribution in [1.82, 2.24) is 4.98 Å². The minimum atomic E-state index is -4.61. The molecule has 0 unspecified atom stereocenters. The van der Waals surface area contributed by atoms with E-state index >= 15 is 0 Å². The number of nitrogens with one attached hydrogen (secondary N) is 1. The van der Waals surface area contributed by atoms with Gasteiger partial charge in [0.2, 0.25) is 5.76 Å². The number of fused-ring (bicyclic) bond motifs is 2. The number of rotatable bonds is 6. The highest BCUT2D eigenvalue weighted by atomic mass is 19.4. The van der Waals surface area contributed by atoms with E-state index < -0.39 is 24.5 Å². The molecule has 4 nitrogen and oxygen atoms in total. The van der Waals surface area contributed by atoms with Crippen LogP contribution in [0.15, 0.2) is 72.5 Å². The largest absolute Gasteiger partial charge is 0.477 e. The van der Waals surface area contributed by atoms with Crippen molar-refractivity contribution in [3.05, 3.63) is 89.3 Å². The molecule has 7 heteroatoms. The third kappa shape index (κ3) is 5.06. The number of alkyl halides is 3. The first-order valence-corrected chi connectivity index (χ1v) is 9.51. The van der Waals surface area contributed by atoms with Crippen molar-refractivity contribution in [3.63, 3.8) is 0 Å². The molecule has 0 spiro atoms. The summed E-state index contributed by atoms with van der Waals surface area (Å²) in [5.74, 6) is -2.32. The lowest BCUT2D eigenvalue weighted by molar-refractivity contribution is -0.169. The first kappa shape index (κ1) is 20.5. The maximum Gasteiger partial charge on any atom is 0.422 e. The van der Waals surface area contributed by atoms with Crippen LogP contribution in [-0.2, 0) is 16.0 Å². The molecule has 0 bridgehead atoms. The highest BCUT2D eigenvalue weighted by molar-refractivity contribution is 5.91. The number of benzene rings is 3. The molecule has 2 N–H and O–H groups in total. The predicted molar refractivity (Wildman–Crippen MR) is 113 cm³/mol. The molecule has 0 radical (unpaired) electrons. The molecule has 0 atom stereocenters. The number of hydrogen-bond acceptors (Lipinski definition) is 2. The van der Waals surface area contributed by atoms with E-state index in [1.165, 1.54) is 5.39 Å². The summed E-state index contributed by atoms with van der Waals surface area (Å²) < 4.78 is 41.5. The zero-order valence-electron chi connectivity index (χ0n) is 16.2. The van der Waals surface area contributed by atoms with Gasteiger partial charge in [0.15, 0.2) is 6.61 Å². The topological polar surface area (TPSA) is 62.3 Å². The van der Waals surface area contributed by atoms with Crippen LogP contribution in [0, 0.1) is 0 Å². The van der Waals surface area contributed by atoms with E-state index in [1.807, 2.05) is 18.2 Å². The van der Waals surface area contributed by atoms with Gasteiger partial charge in [-0.05, 0) is 46.2 Å². The fourth-order valence-corrected chi connectivity index (χ4v) is 3.44. The Morgan fingerprint density at radius 2 is 1.74 bits per heavy atom. The molecule has 31 heavy (non-hydrogen) atoms. The molecule has 4 aromatic rings. The number of aromatic amines is 1. The van der Waals surface area contributed by atoms with Gasteiger partial charge in [0.05, 0.1) is 0 Å². The van der Waals surface area contributed by atoms with Crippen LogP contribution in [0.25, 0.3) is 27.8 Å². The molecular weight excluding hydrogens is 407 g/mol. The van der Waals surface area contributed by atoms with Crippen LogP contribution < -0.4 is 0 Å². The molecule has 0 fully saturated rings. The van der Waals surface area contributed by atoms with Gasteiger partial charge in [-0.15, -0.1) is 0 Å². The highest BCUT2D eigenvalue weighted by Crippen LogP contribution is 2.23. The van der Waals surface area contributed by atoms with E-state index in [-0.39, 0.29) is 0 Å². The summed E-state index contributed by atoms with van der Waals surface area (Å²) in [6, 6.07) is 21.4. The molecule has 0 aliphatic carbocycles. The summed E-state index contributed by atoms with van der Waals surface area (Å²) in [6.07, 6.45) is -2.85. The molecule has 1 heterocycles. The Balaban J connectivity index is 1.57. The minimum Gasteiger partial charge on any atom is -0.477 e. The number of carboxylic acids is 1. The second-order valence-corrected chi connectivity index (χ2v) is 7.22.